The molecule has 3 aromatic rings. The van der Waals surface area contributed by atoms with Gasteiger partial charge in [-0.25, -0.2) is 14.8 Å². The average molecular weight is 544 g/mol. The molecular formula is C31H37N5O4. The number of unbranched alkanes of at least 4 members (excludes halogenated alkanes) is 1. The van der Waals surface area contributed by atoms with Crippen LogP contribution in [0.2, 0.25) is 0 Å². The van der Waals surface area contributed by atoms with E-state index < -0.39 is 0 Å². The van der Waals surface area contributed by atoms with Crippen molar-refractivity contribution in [3.8, 4) is 16.9 Å². The van der Waals surface area contributed by atoms with Crippen molar-refractivity contribution in [2.75, 3.05) is 41.4 Å². The summed E-state index contributed by atoms with van der Waals surface area (Å²) < 4.78 is 11.6. The molecule has 0 radical (unpaired) electrons. The number of para-hydroxylation sites is 1. The molecule has 0 spiro atoms. The highest BCUT2D eigenvalue weighted by Gasteiger charge is 2.30. The minimum Gasteiger partial charge on any atom is -0.486 e. The van der Waals surface area contributed by atoms with Crippen LogP contribution in [0.4, 0.5) is 22.1 Å². The molecule has 2 unspecified atom stereocenters. The number of esters is 1. The summed E-state index contributed by atoms with van der Waals surface area (Å²) in [6.45, 7) is 6.68. The molecule has 1 aromatic heterocycles. The molecule has 2 amide bonds. The standard InChI is InChI=1S/C31H37N5O4/c1-3-5-15-39-29(37)16-22-13-14-35(20-22)30-32-18-24(19-33-30)23-11-12-27-28(17-23)40-26(4-2)21-36(27)31(38)34-25-9-7-6-8-10-25/h6-12,17-19,22,26H,3-5,13-16,20-21H2,1-2H3,(H,34,38). The van der Waals surface area contributed by atoms with Gasteiger partial charge in [-0.1, -0.05) is 44.5 Å². The molecule has 2 aliphatic rings. The van der Waals surface area contributed by atoms with Crippen LogP contribution in [0.5, 0.6) is 5.75 Å². The number of nitrogens with zero attached hydrogens (tertiary/aromatic N) is 4. The average Bonchev–Trinajstić information content (AvgIpc) is 3.45. The third-order valence-corrected chi connectivity index (χ3v) is 7.41. The Morgan fingerprint density at radius 1 is 1.05 bits per heavy atom. The minimum absolute atomic E-state index is 0.102. The summed E-state index contributed by atoms with van der Waals surface area (Å²) in [7, 11) is 0. The van der Waals surface area contributed by atoms with Crippen LogP contribution in [0, 0.1) is 5.92 Å². The lowest BCUT2D eigenvalue weighted by Crippen LogP contribution is -2.45. The molecule has 5 rings (SSSR count). The lowest BCUT2D eigenvalue weighted by molar-refractivity contribution is -0.144. The van der Waals surface area contributed by atoms with E-state index in [1.54, 1.807) is 4.90 Å². The van der Waals surface area contributed by atoms with E-state index in [0.717, 1.165) is 61.3 Å². The Hall–Kier alpha value is -4.14. The van der Waals surface area contributed by atoms with Crippen molar-refractivity contribution in [3.05, 3.63) is 60.9 Å². The predicted molar refractivity (Wildman–Crippen MR) is 156 cm³/mol. The highest BCUT2D eigenvalue weighted by molar-refractivity contribution is 6.03. The molecule has 9 nitrogen and oxygen atoms in total. The Kier molecular flexibility index (Phi) is 8.78. The Balaban J connectivity index is 1.25. The molecule has 9 heteroatoms. The summed E-state index contributed by atoms with van der Waals surface area (Å²) in [5, 5.41) is 2.98. The Morgan fingerprint density at radius 2 is 1.85 bits per heavy atom. The van der Waals surface area contributed by atoms with E-state index in [1.807, 2.05) is 60.9 Å². The number of urea groups is 1. The summed E-state index contributed by atoms with van der Waals surface area (Å²) >= 11 is 0. The van der Waals surface area contributed by atoms with Crippen molar-refractivity contribution in [1.82, 2.24) is 9.97 Å². The quantitative estimate of drug-likeness (QED) is 0.265. The topological polar surface area (TPSA) is 96.9 Å². The Labute approximate surface area is 235 Å². The van der Waals surface area contributed by atoms with Gasteiger partial charge >= 0.3 is 12.0 Å². The first-order valence-electron chi connectivity index (χ1n) is 14.2. The van der Waals surface area contributed by atoms with E-state index in [0.29, 0.717) is 31.3 Å². The van der Waals surface area contributed by atoms with Crippen molar-refractivity contribution in [2.24, 2.45) is 5.92 Å². The van der Waals surface area contributed by atoms with Gasteiger partial charge in [0, 0.05) is 36.7 Å². The minimum atomic E-state index is -0.187. The molecule has 2 aliphatic heterocycles. The molecule has 0 bridgehead atoms. The first-order valence-corrected chi connectivity index (χ1v) is 14.2. The number of hydrogen-bond donors (Lipinski definition) is 1. The fourth-order valence-electron chi connectivity index (χ4n) is 5.09. The number of aromatic nitrogens is 2. The number of benzene rings is 2. The number of fused-ring (bicyclic) bond motifs is 1. The van der Waals surface area contributed by atoms with Crippen molar-refractivity contribution in [2.45, 2.75) is 52.1 Å². The zero-order valence-electron chi connectivity index (χ0n) is 23.2. The van der Waals surface area contributed by atoms with Crippen LogP contribution in [0.1, 0.15) is 46.0 Å². The predicted octanol–water partition coefficient (Wildman–Crippen LogP) is 5.91. The van der Waals surface area contributed by atoms with Gasteiger partial charge in [-0.15, -0.1) is 0 Å². The fraction of sp³-hybridized carbons (Fsp3) is 0.419. The summed E-state index contributed by atoms with van der Waals surface area (Å²) in [6, 6.07) is 15.1. The van der Waals surface area contributed by atoms with Crippen LogP contribution >= 0.6 is 0 Å². The number of ether oxygens (including phenoxy) is 2. The van der Waals surface area contributed by atoms with Crippen LogP contribution in [0.25, 0.3) is 11.1 Å². The molecule has 2 atom stereocenters. The van der Waals surface area contributed by atoms with E-state index >= 15 is 0 Å². The summed E-state index contributed by atoms with van der Waals surface area (Å²) in [6.07, 6.45) is 7.58. The second-order valence-corrected chi connectivity index (χ2v) is 10.4. The van der Waals surface area contributed by atoms with E-state index in [-0.39, 0.29) is 24.0 Å². The monoisotopic (exact) mass is 543 g/mol. The van der Waals surface area contributed by atoms with Gasteiger partial charge in [0.05, 0.1) is 25.3 Å². The molecule has 2 aromatic carbocycles. The molecule has 210 valence electrons. The second kappa shape index (κ2) is 12.8. The Morgan fingerprint density at radius 3 is 2.60 bits per heavy atom. The lowest BCUT2D eigenvalue weighted by atomic mass is 10.1. The van der Waals surface area contributed by atoms with Crippen molar-refractivity contribution in [1.29, 1.82) is 0 Å². The van der Waals surface area contributed by atoms with Gasteiger partial charge in [0.1, 0.15) is 11.9 Å². The molecule has 1 saturated heterocycles. The van der Waals surface area contributed by atoms with Gasteiger partial charge in [0.2, 0.25) is 5.95 Å². The van der Waals surface area contributed by atoms with Crippen LogP contribution in [-0.2, 0) is 9.53 Å². The molecule has 0 aliphatic carbocycles. The molecule has 3 heterocycles. The van der Waals surface area contributed by atoms with Gasteiger partial charge in [-0.05, 0) is 55.0 Å². The van der Waals surface area contributed by atoms with Crippen LogP contribution in [-0.4, -0.2) is 54.3 Å². The van der Waals surface area contributed by atoms with Gasteiger partial charge in [0.25, 0.3) is 0 Å². The van der Waals surface area contributed by atoms with Crippen molar-refractivity contribution >= 4 is 29.3 Å². The maximum absolute atomic E-state index is 13.2. The molecule has 40 heavy (non-hydrogen) atoms. The smallest absolute Gasteiger partial charge is 0.326 e. The van der Waals surface area contributed by atoms with Gasteiger partial charge in [-0.3, -0.25) is 9.69 Å². The zero-order chi connectivity index (χ0) is 27.9. The molecule has 1 fully saturated rings. The number of carbonyl (C=O) groups is 2. The number of rotatable bonds is 9. The normalized spacial score (nSPS) is 18.1. The van der Waals surface area contributed by atoms with Gasteiger partial charge < -0.3 is 19.7 Å². The highest BCUT2D eigenvalue weighted by atomic mass is 16.5. The van der Waals surface area contributed by atoms with Gasteiger partial charge in [-0.2, -0.15) is 0 Å². The number of nitrogens with one attached hydrogen (secondary N) is 1. The highest BCUT2D eigenvalue weighted by Crippen LogP contribution is 2.38. The van der Waals surface area contributed by atoms with Crippen LogP contribution in [0.3, 0.4) is 0 Å². The molecule has 0 saturated carbocycles. The van der Waals surface area contributed by atoms with Gasteiger partial charge in [0.15, 0.2) is 0 Å². The third kappa shape index (κ3) is 6.52. The summed E-state index contributed by atoms with van der Waals surface area (Å²) in [5.74, 6) is 1.46. The molecule has 1 N–H and O–H groups in total. The number of anilines is 3. The largest absolute Gasteiger partial charge is 0.486 e. The summed E-state index contributed by atoms with van der Waals surface area (Å²) in [5.41, 5.74) is 3.26. The maximum atomic E-state index is 13.2. The van der Waals surface area contributed by atoms with Crippen LogP contribution in [0.15, 0.2) is 60.9 Å². The van der Waals surface area contributed by atoms with Crippen LogP contribution < -0.4 is 19.9 Å². The van der Waals surface area contributed by atoms with E-state index in [1.165, 1.54) is 0 Å². The van der Waals surface area contributed by atoms with Crippen molar-refractivity contribution in [3.63, 3.8) is 0 Å². The first kappa shape index (κ1) is 27.4. The fourth-order valence-corrected chi connectivity index (χ4v) is 5.09. The first-order chi connectivity index (χ1) is 19.5. The van der Waals surface area contributed by atoms with E-state index in [2.05, 4.69) is 34.0 Å². The van der Waals surface area contributed by atoms with Crippen molar-refractivity contribution < 1.29 is 19.1 Å². The maximum Gasteiger partial charge on any atom is 0.326 e. The second-order valence-electron chi connectivity index (χ2n) is 10.4. The number of hydrogen-bond acceptors (Lipinski definition) is 7. The molecular weight excluding hydrogens is 506 g/mol. The SMILES string of the molecule is CCCCOC(=O)CC1CCN(c2ncc(-c3ccc4c(c3)OC(CC)CN4C(=O)Nc3ccccc3)cn2)C1. The van der Waals surface area contributed by atoms with E-state index in [4.69, 9.17) is 9.47 Å². The summed E-state index contributed by atoms with van der Waals surface area (Å²) in [4.78, 5) is 38.4. The van der Waals surface area contributed by atoms with E-state index in [9.17, 15) is 9.59 Å². The Bertz CT molecular complexity index is 1300. The third-order valence-electron chi connectivity index (χ3n) is 7.41. The lowest BCUT2D eigenvalue weighted by Gasteiger charge is -2.34. The zero-order valence-corrected chi connectivity index (χ0v) is 23.2. The number of carbonyl (C=O) groups excluding carboxylic acids is 2. The number of amides is 2.